The van der Waals surface area contributed by atoms with Gasteiger partial charge in [-0.25, -0.2) is 9.78 Å². The molecule has 1 unspecified atom stereocenters. The first kappa shape index (κ1) is 19.1. The summed E-state index contributed by atoms with van der Waals surface area (Å²) >= 11 is 0. The smallest absolute Gasteiger partial charge is 0.336 e. The van der Waals surface area contributed by atoms with Crippen LogP contribution in [0.25, 0.3) is 5.82 Å². The van der Waals surface area contributed by atoms with E-state index in [2.05, 4.69) is 47.8 Å². The summed E-state index contributed by atoms with van der Waals surface area (Å²) in [6.07, 6.45) is 5.48. The summed E-state index contributed by atoms with van der Waals surface area (Å²) in [7, 11) is 2.14. The molecule has 1 aromatic carbocycles. The first-order chi connectivity index (χ1) is 14.2. The summed E-state index contributed by atoms with van der Waals surface area (Å²) in [6, 6.07) is 16.4. The molecule has 1 aliphatic carbocycles. The molecule has 1 atom stereocenters. The van der Waals surface area contributed by atoms with E-state index in [1.807, 2.05) is 24.3 Å². The van der Waals surface area contributed by atoms with Crippen LogP contribution in [0.2, 0.25) is 0 Å². The van der Waals surface area contributed by atoms with Gasteiger partial charge in [0.1, 0.15) is 0 Å². The van der Waals surface area contributed by atoms with Crippen molar-refractivity contribution in [3.63, 3.8) is 0 Å². The summed E-state index contributed by atoms with van der Waals surface area (Å²) in [4.78, 5) is 18.7. The maximum atomic E-state index is 12.0. The second-order valence-electron chi connectivity index (χ2n) is 7.25. The molecule has 3 aromatic rings. The molecule has 2 aromatic heterocycles. The summed E-state index contributed by atoms with van der Waals surface area (Å²) in [5.74, 6) is 0.578. The van der Waals surface area contributed by atoms with Crippen molar-refractivity contribution in [2.45, 2.75) is 31.8 Å². The lowest BCUT2D eigenvalue weighted by atomic mass is 9.92. The Bertz CT molecular complexity index is 998. The number of ether oxygens (including phenoxy) is 1. The molecule has 0 bridgehead atoms. The minimum atomic E-state index is -0.496. The molecule has 0 amide bonds. The van der Waals surface area contributed by atoms with E-state index < -0.39 is 5.97 Å². The molecule has 0 spiro atoms. The zero-order valence-electron chi connectivity index (χ0n) is 16.5. The number of carbonyl (C=O) groups is 1. The van der Waals surface area contributed by atoms with Crippen LogP contribution in [0, 0.1) is 0 Å². The number of aromatic nitrogens is 3. The summed E-state index contributed by atoms with van der Waals surface area (Å²) < 4.78 is 7.25. The van der Waals surface area contributed by atoms with Gasteiger partial charge in [-0.2, -0.15) is 9.78 Å². The van der Waals surface area contributed by atoms with Crippen LogP contribution in [0.3, 0.4) is 0 Å². The van der Waals surface area contributed by atoms with Crippen molar-refractivity contribution in [1.29, 1.82) is 0 Å². The van der Waals surface area contributed by atoms with Crippen LogP contribution in [0.15, 0.2) is 67.4 Å². The molecule has 0 saturated heterocycles. The zero-order valence-corrected chi connectivity index (χ0v) is 16.5. The number of nitrogens with zero attached hydrogens (tertiary/aromatic N) is 4. The molecule has 2 heterocycles. The van der Waals surface area contributed by atoms with E-state index in [1.54, 1.807) is 10.9 Å². The number of benzene rings is 1. The molecule has 0 fully saturated rings. The van der Waals surface area contributed by atoms with Gasteiger partial charge in [0.25, 0.3) is 0 Å². The molecule has 1 aliphatic rings. The van der Waals surface area contributed by atoms with Crippen molar-refractivity contribution >= 4 is 5.97 Å². The third kappa shape index (κ3) is 4.12. The Morgan fingerprint density at radius 1 is 1.28 bits per heavy atom. The number of rotatable bonds is 6. The van der Waals surface area contributed by atoms with Gasteiger partial charge in [-0.05, 0) is 44.0 Å². The standard InChI is InChI=1S/C23H24N4O2/c1-3-22(28)29-23-19-15-18(26(2)16-17-9-5-4-6-10-17)12-13-20(19)25-27(23)21-11-7-8-14-24-21/h3-11,14,18H,1,12-13,15-16H2,2H3. The fourth-order valence-electron chi connectivity index (χ4n) is 3.78. The number of fused-ring (bicyclic) bond motifs is 1. The van der Waals surface area contributed by atoms with Crippen molar-refractivity contribution in [2.24, 2.45) is 0 Å². The van der Waals surface area contributed by atoms with Crippen LogP contribution in [0.5, 0.6) is 5.88 Å². The predicted octanol–water partition coefficient (Wildman–Crippen LogP) is 3.35. The molecule has 6 heteroatoms. The maximum absolute atomic E-state index is 12.0. The van der Waals surface area contributed by atoms with Crippen LogP contribution < -0.4 is 4.74 Å². The molecular formula is C23H24N4O2. The lowest BCUT2D eigenvalue weighted by Gasteiger charge is -2.31. The van der Waals surface area contributed by atoms with Crippen LogP contribution in [-0.4, -0.2) is 38.7 Å². The number of pyridine rings is 1. The highest BCUT2D eigenvalue weighted by molar-refractivity contribution is 5.83. The van der Waals surface area contributed by atoms with Gasteiger partial charge in [-0.1, -0.05) is 43.0 Å². The SMILES string of the molecule is C=CC(=O)Oc1c2c(nn1-c1ccccn1)CCC(N(C)Cc1ccccc1)C2. The molecule has 29 heavy (non-hydrogen) atoms. The molecule has 148 valence electrons. The maximum Gasteiger partial charge on any atom is 0.336 e. The van der Waals surface area contributed by atoms with Crippen LogP contribution in [-0.2, 0) is 24.2 Å². The van der Waals surface area contributed by atoms with Gasteiger partial charge in [-0.15, -0.1) is 0 Å². The van der Waals surface area contributed by atoms with Crippen molar-refractivity contribution in [2.75, 3.05) is 7.05 Å². The first-order valence-electron chi connectivity index (χ1n) is 9.76. The van der Waals surface area contributed by atoms with Gasteiger partial charge in [0, 0.05) is 30.4 Å². The average Bonchev–Trinajstić information content (AvgIpc) is 3.12. The first-order valence-corrected chi connectivity index (χ1v) is 9.76. The third-order valence-corrected chi connectivity index (χ3v) is 5.30. The summed E-state index contributed by atoms with van der Waals surface area (Å²) in [6.45, 7) is 4.39. The Kier molecular flexibility index (Phi) is 5.53. The second-order valence-corrected chi connectivity index (χ2v) is 7.25. The lowest BCUT2D eigenvalue weighted by molar-refractivity contribution is -0.129. The molecule has 0 N–H and O–H groups in total. The van der Waals surface area contributed by atoms with Gasteiger partial charge >= 0.3 is 5.97 Å². The van der Waals surface area contributed by atoms with E-state index in [-0.39, 0.29) is 0 Å². The quantitative estimate of drug-likeness (QED) is 0.479. The van der Waals surface area contributed by atoms with Crippen molar-refractivity contribution in [3.05, 3.63) is 84.2 Å². The predicted molar refractivity (Wildman–Crippen MR) is 111 cm³/mol. The number of aryl methyl sites for hydroxylation is 1. The van der Waals surface area contributed by atoms with Crippen LogP contribution >= 0.6 is 0 Å². The van der Waals surface area contributed by atoms with Gasteiger partial charge in [0.15, 0.2) is 5.82 Å². The second kappa shape index (κ2) is 8.41. The molecule has 0 radical (unpaired) electrons. The van der Waals surface area contributed by atoms with Gasteiger partial charge in [-0.3, -0.25) is 4.90 Å². The summed E-state index contributed by atoms with van der Waals surface area (Å²) in [5, 5.41) is 4.71. The number of likely N-dealkylation sites (N-methyl/N-ethyl adjacent to an activating group) is 1. The van der Waals surface area contributed by atoms with Gasteiger partial charge < -0.3 is 4.74 Å². The minimum absolute atomic E-state index is 0.338. The largest absolute Gasteiger partial charge is 0.404 e. The minimum Gasteiger partial charge on any atom is -0.404 e. The highest BCUT2D eigenvalue weighted by atomic mass is 16.5. The Balaban J connectivity index is 1.63. The van der Waals surface area contributed by atoms with E-state index >= 15 is 0 Å². The highest BCUT2D eigenvalue weighted by Gasteiger charge is 2.30. The van der Waals surface area contributed by atoms with Crippen LogP contribution in [0.1, 0.15) is 23.2 Å². The van der Waals surface area contributed by atoms with Crippen molar-refractivity contribution in [1.82, 2.24) is 19.7 Å². The van der Waals surface area contributed by atoms with Crippen molar-refractivity contribution in [3.8, 4) is 11.7 Å². The molecule has 0 saturated carbocycles. The molecule has 0 aliphatic heterocycles. The van der Waals surface area contributed by atoms with Gasteiger partial charge in [0.2, 0.25) is 5.88 Å². The van der Waals surface area contributed by atoms with Crippen molar-refractivity contribution < 1.29 is 9.53 Å². The normalized spacial score (nSPS) is 15.7. The average molecular weight is 388 g/mol. The molecule has 4 rings (SSSR count). The fourth-order valence-corrected chi connectivity index (χ4v) is 3.78. The number of hydrogen-bond donors (Lipinski definition) is 0. The van der Waals surface area contributed by atoms with E-state index in [1.165, 1.54) is 11.6 Å². The highest BCUT2D eigenvalue weighted by Crippen LogP contribution is 2.33. The van der Waals surface area contributed by atoms with E-state index in [4.69, 9.17) is 9.84 Å². The Labute approximate surface area is 170 Å². The zero-order chi connectivity index (χ0) is 20.2. The van der Waals surface area contributed by atoms with Gasteiger partial charge in [0.05, 0.1) is 5.69 Å². The van der Waals surface area contributed by atoms with E-state index in [0.717, 1.165) is 37.1 Å². The van der Waals surface area contributed by atoms with E-state index in [0.29, 0.717) is 17.7 Å². The Morgan fingerprint density at radius 2 is 2.07 bits per heavy atom. The number of esters is 1. The fraction of sp³-hybridized carbons (Fsp3) is 0.261. The monoisotopic (exact) mass is 388 g/mol. The number of hydrogen-bond acceptors (Lipinski definition) is 5. The Hall–Kier alpha value is -3.25. The topological polar surface area (TPSA) is 60.2 Å². The molecule has 6 nitrogen and oxygen atoms in total. The van der Waals surface area contributed by atoms with E-state index in [9.17, 15) is 4.79 Å². The molecular weight excluding hydrogens is 364 g/mol. The third-order valence-electron chi connectivity index (χ3n) is 5.30. The number of carbonyl (C=O) groups excluding carboxylic acids is 1. The Morgan fingerprint density at radius 3 is 2.79 bits per heavy atom. The summed E-state index contributed by atoms with van der Waals surface area (Å²) in [5.41, 5.74) is 3.22. The lowest BCUT2D eigenvalue weighted by Crippen LogP contribution is -2.36. The van der Waals surface area contributed by atoms with Crippen LogP contribution in [0.4, 0.5) is 0 Å².